The molecule has 0 saturated heterocycles. The molecule has 0 aliphatic carbocycles. The fourth-order valence-electron chi connectivity index (χ4n) is 11.4. The van der Waals surface area contributed by atoms with Crippen LogP contribution in [0.1, 0.15) is 108 Å². The maximum atomic E-state index is 14.7. The second-order valence-electron chi connectivity index (χ2n) is 23.4. The number of amides is 4. The average molecular weight is 1330 g/mol. The predicted molar refractivity (Wildman–Crippen MR) is 353 cm³/mol. The van der Waals surface area contributed by atoms with Gasteiger partial charge in [-0.3, -0.25) is 33.9 Å². The monoisotopic (exact) mass is 1330 g/mol. The molecule has 0 aromatic heterocycles. The maximum Gasteiger partial charge on any atom is 0.261 e. The second kappa shape index (κ2) is 30.4. The average Bonchev–Trinajstić information content (AvgIpc) is 1.57. The van der Waals surface area contributed by atoms with Gasteiger partial charge in [0.25, 0.3) is 23.6 Å². The molecule has 2 aliphatic heterocycles. The summed E-state index contributed by atoms with van der Waals surface area (Å²) in [5.74, 6) is -1.81. The Morgan fingerprint density at radius 2 is 0.511 bits per heavy atom. The van der Waals surface area contributed by atoms with E-state index in [1.807, 2.05) is 58.0 Å². The van der Waals surface area contributed by atoms with Crippen molar-refractivity contribution in [2.24, 2.45) is 0 Å². The van der Waals surface area contributed by atoms with Gasteiger partial charge in [0.15, 0.2) is 0 Å². The minimum atomic E-state index is -4.15. The predicted octanol–water partition coefficient (Wildman–Crippen LogP) is 9.42. The molecule has 9 rings (SSSR count). The van der Waals surface area contributed by atoms with Gasteiger partial charge in [-0.1, -0.05) is 125 Å². The Balaban J connectivity index is 0.902. The van der Waals surface area contributed by atoms with Gasteiger partial charge in [0.2, 0.25) is 40.1 Å². The molecule has 0 bridgehead atoms. The number of hydrogen-bond donors (Lipinski definition) is 0. The van der Waals surface area contributed by atoms with E-state index in [1.165, 1.54) is 41.5 Å². The third kappa shape index (κ3) is 16.4. The van der Waals surface area contributed by atoms with Crippen molar-refractivity contribution in [3.05, 3.63) is 226 Å². The molecule has 0 atom stereocenters. The smallest absolute Gasteiger partial charge is 0.261 e. The van der Waals surface area contributed by atoms with Crippen LogP contribution in [-0.2, 0) is 46.6 Å². The highest BCUT2D eigenvalue weighted by atomic mass is 32.2. The van der Waals surface area contributed by atoms with E-state index in [0.717, 1.165) is 37.6 Å². The highest BCUT2D eigenvalue weighted by Gasteiger charge is 2.37. The number of hydrogen-bond acceptors (Lipinski definition) is 13. The van der Waals surface area contributed by atoms with E-state index in [2.05, 4.69) is 4.90 Å². The standard InChI is InChI=1S/C69H79N7O12S4/c1-53-24-32-58(33-25-53)89(81,82)71(44-14-46-73(91(85,86)60-36-28-55(3)29-37-60)48-16-50-75-66(77)62-20-8-9-21-63(62)67(75)78)42-12-40-70(52-57-18-6-5-7-19-57)41-13-43-72(90(83,84)59-34-26-54(2)27-35-59)45-15-47-74(92(87,88)61-38-30-56(4)31-39-61)49-17-51-76-68(79)64-22-10-11-23-65(64)69(76)80/h5-11,18-39H,12-17,40-52H2,1-4H3. The van der Waals surface area contributed by atoms with Crippen LogP contribution in [0.3, 0.4) is 0 Å². The zero-order valence-electron chi connectivity index (χ0n) is 52.3. The number of imide groups is 2. The lowest BCUT2D eigenvalue weighted by atomic mass is 10.1. The van der Waals surface area contributed by atoms with Gasteiger partial charge in [0, 0.05) is 72.0 Å². The van der Waals surface area contributed by atoms with Crippen molar-refractivity contribution in [1.82, 2.24) is 31.9 Å². The van der Waals surface area contributed by atoms with Gasteiger partial charge in [0.1, 0.15) is 0 Å². The molecule has 7 aromatic rings. The summed E-state index contributed by atoms with van der Waals surface area (Å²) in [5.41, 5.74) is 5.54. The quantitative estimate of drug-likeness (QED) is 0.0343. The Hall–Kier alpha value is -7.58. The molecule has 0 N–H and O–H groups in total. The Bertz CT molecular complexity index is 3890. The van der Waals surface area contributed by atoms with E-state index >= 15 is 0 Å². The summed E-state index contributed by atoms with van der Waals surface area (Å²) in [6.07, 6.45) is 1.08. The third-order valence-corrected chi connectivity index (χ3v) is 24.3. The zero-order valence-corrected chi connectivity index (χ0v) is 55.6. The number of rotatable bonds is 34. The SMILES string of the molecule is Cc1ccc(S(=O)(=O)N(CCCN(CCCN(CCCN(CCCN2C(=O)c3ccccc3C2=O)S(=O)(=O)c2ccc(C)cc2)S(=O)(=O)c2ccc(C)cc2)Cc2ccccc2)CCCN(CCCN2C(=O)c3ccccc3C2=O)S(=O)(=O)c2ccc(C)cc2)cc1. The summed E-state index contributed by atoms with van der Waals surface area (Å²) in [6.45, 7) is 8.18. The first-order valence-corrected chi connectivity index (χ1v) is 36.7. The molecule has 2 heterocycles. The van der Waals surface area contributed by atoms with Gasteiger partial charge in [-0.2, -0.15) is 17.2 Å². The van der Waals surface area contributed by atoms with Crippen LogP contribution in [0.5, 0.6) is 0 Å². The number of benzene rings is 7. The molecule has 0 unspecified atom stereocenters. The molecular formula is C69H79N7O12S4. The Morgan fingerprint density at radius 1 is 0.283 bits per heavy atom. The second-order valence-corrected chi connectivity index (χ2v) is 31.1. The molecule has 486 valence electrons. The lowest BCUT2D eigenvalue weighted by Gasteiger charge is -2.29. The topological polar surface area (TPSA) is 228 Å². The van der Waals surface area contributed by atoms with Crippen LogP contribution in [0, 0.1) is 27.7 Å². The Labute approximate surface area is 542 Å². The highest BCUT2D eigenvalue weighted by molar-refractivity contribution is 7.90. The Morgan fingerprint density at radius 3 is 0.772 bits per heavy atom. The number of fused-ring (bicyclic) bond motifs is 2. The van der Waals surface area contributed by atoms with Crippen molar-refractivity contribution in [3.8, 4) is 0 Å². The lowest BCUT2D eigenvalue weighted by molar-refractivity contribution is 0.0635. The summed E-state index contributed by atoms with van der Waals surface area (Å²) in [7, 11) is -16.6. The van der Waals surface area contributed by atoms with Gasteiger partial charge in [-0.25, -0.2) is 33.7 Å². The largest absolute Gasteiger partial charge is 0.299 e. The van der Waals surface area contributed by atoms with Gasteiger partial charge < -0.3 is 0 Å². The van der Waals surface area contributed by atoms with Crippen molar-refractivity contribution in [2.75, 3.05) is 78.5 Å². The van der Waals surface area contributed by atoms with E-state index in [0.29, 0.717) is 32.5 Å². The molecule has 92 heavy (non-hydrogen) atoms. The van der Waals surface area contributed by atoms with E-state index in [1.54, 1.807) is 121 Å². The molecule has 0 saturated carbocycles. The summed E-state index contributed by atoms with van der Waals surface area (Å²) in [5, 5.41) is 0. The molecule has 19 nitrogen and oxygen atoms in total. The molecule has 4 amide bonds. The van der Waals surface area contributed by atoms with Crippen LogP contribution in [0.2, 0.25) is 0 Å². The van der Waals surface area contributed by atoms with Crippen LogP contribution in [0.25, 0.3) is 0 Å². The van der Waals surface area contributed by atoms with Crippen molar-refractivity contribution in [1.29, 1.82) is 0 Å². The fourth-order valence-corrected chi connectivity index (χ4v) is 17.5. The number of aryl methyl sites for hydroxylation is 4. The molecule has 0 spiro atoms. The first kappa shape index (κ1) is 68.8. The zero-order chi connectivity index (χ0) is 65.8. The molecule has 2 aliphatic rings. The summed E-state index contributed by atoms with van der Waals surface area (Å²) in [4.78, 5) is 57.7. The van der Waals surface area contributed by atoms with Crippen molar-refractivity contribution < 1.29 is 52.8 Å². The van der Waals surface area contributed by atoms with Crippen LogP contribution in [0.15, 0.2) is 196 Å². The number of sulfonamides is 4. The third-order valence-electron chi connectivity index (χ3n) is 16.6. The summed E-state index contributed by atoms with van der Waals surface area (Å²) < 4.78 is 122. The van der Waals surface area contributed by atoms with Crippen LogP contribution in [-0.4, -0.2) is 168 Å². The van der Waals surface area contributed by atoms with Gasteiger partial charge in [-0.15, -0.1) is 0 Å². The molecule has 0 fully saturated rings. The van der Waals surface area contributed by atoms with Gasteiger partial charge >= 0.3 is 0 Å². The minimum Gasteiger partial charge on any atom is -0.299 e. The van der Waals surface area contributed by atoms with E-state index < -0.39 is 63.7 Å². The molecule has 0 radical (unpaired) electrons. The lowest BCUT2D eigenvalue weighted by Crippen LogP contribution is -2.40. The number of carbonyl (C=O) groups is 4. The van der Waals surface area contributed by atoms with E-state index in [-0.39, 0.29) is 133 Å². The number of carbonyl (C=O) groups excluding carboxylic acids is 4. The number of nitrogens with zero attached hydrogens (tertiary/aromatic N) is 7. The molecule has 23 heteroatoms. The maximum absolute atomic E-state index is 14.7. The minimum absolute atomic E-state index is 0.0343. The van der Waals surface area contributed by atoms with Crippen molar-refractivity contribution in [2.45, 2.75) is 92.3 Å². The van der Waals surface area contributed by atoms with E-state index in [9.17, 15) is 52.8 Å². The van der Waals surface area contributed by atoms with Crippen LogP contribution in [0.4, 0.5) is 0 Å². The van der Waals surface area contributed by atoms with E-state index in [4.69, 9.17) is 0 Å². The van der Waals surface area contributed by atoms with Crippen molar-refractivity contribution in [3.63, 3.8) is 0 Å². The van der Waals surface area contributed by atoms with Gasteiger partial charge in [-0.05, 0) is 158 Å². The first-order chi connectivity index (χ1) is 44.0. The van der Waals surface area contributed by atoms with Gasteiger partial charge in [0.05, 0.1) is 41.8 Å². The van der Waals surface area contributed by atoms with Crippen LogP contribution >= 0.6 is 0 Å². The fraction of sp³-hybridized carbons (Fsp3) is 0.333. The normalized spacial score (nSPS) is 13.8. The molecule has 7 aromatic carbocycles. The molecular weight excluding hydrogens is 1250 g/mol. The summed E-state index contributed by atoms with van der Waals surface area (Å²) >= 11 is 0. The first-order valence-electron chi connectivity index (χ1n) is 30.9. The highest BCUT2D eigenvalue weighted by Crippen LogP contribution is 2.28. The summed E-state index contributed by atoms with van der Waals surface area (Å²) in [6, 6.07) is 48.6. The Kier molecular flexibility index (Phi) is 22.8. The van der Waals surface area contributed by atoms with Crippen LogP contribution < -0.4 is 0 Å². The van der Waals surface area contributed by atoms with Crippen molar-refractivity contribution >= 4 is 63.7 Å².